The van der Waals surface area contributed by atoms with Gasteiger partial charge >= 0.3 is 5.97 Å². The Labute approximate surface area is 151 Å². The number of rotatable bonds is 5. The second-order valence-electron chi connectivity index (χ2n) is 6.41. The fraction of sp³-hybridized carbons (Fsp3) is 0.316. The SMILES string of the molecule is Cc1cnc(C(C)OC(=O)c2nn(-c3cccc(C(C)C)c3)cc2O)o1. The van der Waals surface area contributed by atoms with E-state index in [1.807, 2.05) is 24.3 Å². The number of benzene rings is 1. The lowest BCUT2D eigenvalue weighted by Crippen LogP contribution is -2.11. The van der Waals surface area contributed by atoms with E-state index in [4.69, 9.17) is 9.15 Å². The smallest absolute Gasteiger partial charge is 0.363 e. The highest BCUT2D eigenvalue weighted by Crippen LogP contribution is 2.24. The van der Waals surface area contributed by atoms with Crippen LogP contribution >= 0.6 is 0 Å². The van der Waals surface area contributed by atoms with Crippen LogP contribution in [0, 0.1) is 6.92 Å². The summed E-state index contributed by atoms with van der Waals surface area (Å²) in [5, 5.41) is 14.3. The maximum absolute atomic E-state index is 12.3. The second kappa shape index (κ2) is 7.03. The third-order valence-electron chi connectivity index (χ3n) is 3.96. The van der Waals surface area contributed by atoms with E-state index in [1.54, 1.807) is 20.0 Å². The molecular formula is C19H21N3O4. The molecule has 1 aromatic carbocycles. The molecule has 0 saturated heterocycles. The summed E-state index contributed by atoms with van der Waals surface area (Å²) in [5.74, 6) is 0.276. The van der Waals surface area contributed by atoms with Gasteiger partial charge in [-0.3, -0.25) is 0 Å². The topological polar surface area (TPSA) is 90.4 Å². The van der Waals surface area contributed by atoms with Gasteiger partial charge in [-0.25, -0.2) is 14.5 Å². The Balaban J connectivity index is 1.81. The van der Waals surface area contributed by atoms with Crippen molar-refractivity contribution in [3.8, 4) is 11.4 Å². The maximum atomic E-state index is 12.3. The number of esters is 1. The van der Waals surface area contributed by atoms with Crippen molar-refractivity contribution in [1.82, 2.24) is 14.8 Å². The van der Waals surface area contributed by atoms with Gasteiger partial charge in [0.05, 0.1) is 18.1 Å². The van der Waals surface area contributed by atoms with Crippen molar-refractivity contribution >= 4 is 5.97 Å². The summed E-state index contributed by atoms with van der Waals surface area (Å²) in [6.45, 7) is 7.58. The van der Waals surface area contributed by atoms with Crippen LogP contribution in [-0.4, -0.2) is 25.8 Å². The van der Waals surface area contributed by atoms with Crippen LogP contribution in [0.3, 0.4) is 0 Å². The third-order valence-corrected chi connectivity index (χ3v) is 3.96. The van der Waals surface area contributed by atoms with Crippen molar-refractivity contribution in [2.45, 2.75) is 39.7 Å². The minimum absolute atomic E-state index is 0.157. The average molecular weight is 355 g/mol. The maximum Gasteiger partial charge on any atom is 0.363 e. The summed E-state index contributed by atoms with van der Waals surface area (Å²) in [6.07, 6.45) is 2.24. The number of carbonyl (C=O) groups is 1. The first-order valence-corrected chi connectivity index (χ1v) is 8.37. The molecular weight excluding hydrogens is 334 g/mol. The van der Waals surface area contributed by atoms with E-state index in [0.717, 1.165) is 11.3 Å². The largest absolute Gasteiger partial charge is 0.504 e. The second-order valence-corrected chi connectivity index (χ2v) is 6.41. The van der Waals surface area contributed by atoms with Crippen molar-refractivity contribution < 1.29 is 19.1 Å². The van der Waals surface area contributed by atoms with Gasteiger partial charge < -0.3 is 14.3 Å². The molecule has 0 amide bonds. The number of nitrogens with zero attached hydrogens (tertiary/aromatic N) is 3. The number of aromatic nitrogens is 3. The molecule has 2 aromatic heterocycles. The Morgan fingerprint density at radius 1 is 1.31 bits per heavy atom. The highest BCUT2D eigenvalue weighted by Gasteiger charge is 2.23. The minimum atomic E-state index is -0.746. The van der Waals surface area contributed by atoms with Crippen LogP contribution in [0.1, 0.15) is 60.5 Å². The molecule has 0 radical (unpaired) electrons. The van der Waals surface area contributed by atoms with E-state index in [1.165, 1.54) is 10.9 Å². The van der Waals surface area contributed by atoms with Gasteiger partial charge in [0.1, 0.15) is 5.76 Å². The van der Waals surface area contributed by atoms with Gasteiger partial charge in [-0.05, 0) is 37.5 Å². The van der Waals surface area contributed by atoms with Crippen molar-refractivity contribution in [3.05, 3.63) is 59.6 Å². The molecule has 7 heteroatoms. The van der Waals surface area contributed by atoms with Gasteiger partial charge in [-0.2, -0.15) is 5.10 Å². The first-order chi connectivity index (χ1) is 12.3. The van der Waals surface area contributed by atoms with Crippen LogP contribution in [0.2, 0.25) is 0 Å². The first kappa shape index (κ1) is 17.7. The van der Waals surface area contributed by atoms with Gasteiger partial charge in [0, 0.05) is 0 Å². The van der Waals surface area contributed by atoms with E-state index >= 15 is 0 Å². The lowest BCUT2D eigenvalue weighted by atomic mass is 10.0. The zero-order valence-electron chi connectivity index (χ0n) is 15.1. The number of aryl methyl sites for hydroxylation is 1. The first-order valence-electron chi connectivity index (χ1n) is 8.37. The molecule has 0 aliphatic heterocycles. The molecule has 1 atom stereocenters. The number of hydrogen-bond donors (Lipinski definition) is 1. The highest BCUT2D eigenvalue weighted by molar-refractivity contribution is 5.90. The number of hydrogen-bond acceptors (Lipinski definition) is 6. The molecule has 0 bridgehead atoms. The van der Waals surface area contributed by atoms with E-state index in [0.29, 0.717) is 17.6 Å². The van der Waals surface area contributed by atoms with Crippen LogP contribution < -0.4 is 0 Å². The molecule has 3 rings (SSSR count). The Bertz CT molecular complexity index is 927. The average Bonchev–Trinajstić information content (AvgIpc) is 3.21. The highest BCUT2D eigenvalue weighted by atomic mass is 16.6. The molecule has 0 aliphatic rings. The molecule has 136 valence electrons. The van der Waals surface area contributed by atoms with Crippen molar-refractivity contribution in [3.63, 3.8) is 0 Å². The molecule has 7 nitrogen and oxygen atoms in total. The predicted octanol–water partition coefficient (Wildman–Crippen LogP) is 3.92. The Morgan fingerprint density at radius 2 is 2.08 bits per heavy atom. The molecule has 1 N–H and O–H groups in total. The van der Waals surface area contributed by atoms with Crippen LogP contribution in [-0.2, 0) is 4.74 Å². The fourth-order valence-corrected chi connectivity index (χ4v) is 2.50. The molecule has 26 heavy (non-hydrogen) atoms. The van der Waals surface area contributed by atoms with Gasteiger partial charge in [0.25, 0.3) is 0 Å². The summed E-state index contributed by atoms with van der Waals surface area (Å²) in [4.78, 5) is 16.4. The summed E-state index contributed by atoms with van der Waals surface area (Å²) in [5.41, 5.74) is 1.73. The minimum Gasteiger partial charge on any atom is -0.504 e. The molecule has 2 heterocycles. The van der Waals surface area contributed by atoms with Gasteiger partial charge in [-0.15, -0.1) is 0 Å². The summed E-state index contributed by atoms with van der Waals surface area (Å²) < 4.78 is 12.1. The quantitative estimate of drug-likeness (QED) is 0.698. The van der Waals surface area contributed by atoms with E-state index < -0.39 is 12.1 Å². The monoisotopic (exact) mass is 355 g/mol. The van der Waals surface area contributed by atoms with Gasteiger partial charge in [0.2, 0.25) is 11.6 Å². The Hall–Kier alpha value is -3.09. The Kier molecular flexibility index (Phi) is 4.79. The summed E-state index contributed by atoms with van der Waals surface area (Å²) in [6, 6.07) is 7.75. The molecule has 0 fully saturated rings. The number of aromatic hydroxyl groups is 1. The summed E-state index contributed by atoms with van der Waals surface area (Å²) in [7, 11) is 0. The number of carbonyl (C=O) groups excluding carboxylic acids is 1. The molecule has 0 saturated carbocycles. The van der Waals surface area contributed by atoms with E-state index in [-0.39, 0.29) is 11.4 Å². The van der Waals surface area contributed by atoms with Crippen molar-refractivity contribution in [2.75, 3.05) is 0 Å². The zero-order valence-corrected chi connectivity index (χ0v) is 15.1. The van der Waals surface area contributed by atoms with Crippen molar-refractivity contribution in [1.29, 1.82) is 0 Å². The lowest BCUT2D eigenvalue weighted by Gasteiger charge is -2.09. The molecule has 1 unspecified atom stereocenters. The Morgan fingerprint density at radius 3 is 2.73 bits per heavy atom. The lowest BCUT2D eigenvalue weighted by molar-refractivity contribution is 0.0266. The van der Waals surface area contributed by atoms with Crippen LogP contribution in [0.25, 0.3) is 5.69 Å². The van der Waals surface area contributed by atoms with Gasteiger partial charge in [-0.1, -0.05) is 26.0 Å². The summed E-state index contributed by atoms with van der Waals surface area (Å²) >= 11 is 0. The van der Waals surface area contributed by atoms with Crippen LogP contribution in [0.4, 0.5) is 0 Å². The molecule has 0 spiro atoms. The molecule has 3 aromatic rings. The number of oxazole rings is 1. The van der Waals surface area contributed by atoms with Crippen LogP contribution in [0.15, 0.2) is 41.1 Å². The third kappa shape index (κ3) is 3.61. The van der Waals surface area contributed by atoms with Crippen LogP contribution in [0.5, 0.6) is 5.75 Å². The van der Waals surface area contributed by atoms with E-state index in [2.05, 4.69) is 23.9 Å². The van der Waals surface area contributed by atoms with Crippen molar-refractivity contribution in [2.24, 2.45) is 0 Å². The van der Waals surface area contributed by atoms with E-state index in [9.17, 15) is 9.90 Å². The molecule has 0 aliphatic carbocycles. The fourth-order valence-electron chi connectivity index (χ4n) is 2.50. The zero-order chi connectivity index (χ0) is 18.8. The number of ether oxygens (including phenoxy) is 1. The van der Waals surface area contributed by atoms with Gasteiger partial charge in [0.15, 0.2) is 11.9 Å². The predicted molar refractivity (Wildman–Crippen MR) is 94.4 cm³/mol. The standard InChI is InChI=1S/C19H21N3O4/c1-11(2)14-6-5-7-15(8-14)22-10-16(23)17(21-22)19(24)26-13(4)18-20-9-12(3)25-18/h5-11,13,23H,1-4H3. The normalized spacial score (nSPS) is 12.3.